The number of rotatable bonds is 3. The molecule has 0 atom stereocenters. The molecule has 2 rings (SSSR count). The standard InChI is InChI=1S/C13H13NO2.CH3ClO2S/c1-10-2-4-11(5-3-10)6-7-13-14-12(8-15)9-16-13;1-5(2,3)4/h2-7,9,15H,8H2,1H3;1H3/b7-6+;. The number of aliphatic hydroxyl groups is 1. The molecule has 1 heterocycles. The van der Waals surface area contributed by atoms with E-state index in [1.165, 1.54) is 11.8 Å². The van der Waals surface area contributed by atoms with Crippen LogP contribution in [-0.2, 0) is 15.7 Å². The van der Waals surface area contributed by atoms with Crippen molar-refractivity contribution in [3.63, 3.8) is 0 Å². The highest BCUT2D eigenvalue weighted by molar-refractivity contribution is 8.13. The van der Waals surface area contributed by atoms with Crippen LogP contribution in [0.25, 0.3) is 12.2 Å². The van der Waals surface area contributed by atoms with Gasteiger partial charge in [-0.25, -0.2) is 13.4 Å². The molecule has 1 N–H and O–H groups in total. The summed E-state index contributed by atoms with van der Waals surface area (Å²) in [6.45, 7) is 1.96. The molecule has 0 fully saturated rings. The molecule has 1 aromatic heterocycles. The smallest absolute Gasteiger partial charge is 0.229 e. The molecule has 0 aliphatic heterocycles. The van der Waals surface area contributed by atoms with Crippen LogP contribution in [0.3, 0.4) is 0 Å². The molecule has 5 nitrogen and oxygen atoms in total. The van der Waals surface area contributed by atoms with E-state index in [1.54, 1.807) is 6.08 Å². The summed E-state index contributed by atoms with van der Waals surface area (Å²) < 4.78 is 23.9. The van der Waals surface area contributed by atoms with Crippen molar-refractivity contribution in [1.82, 2.24) is 4.98 Å². The Balaban J connectivity index is 0.000000383. The van der Waals surface area contributed by atoms with Crippen molar-refractivity contribution in [2.75, 3.05) is 6.26 Å². The predicted octanol–water partition coefficient (Wildman–Crippen LogP) is 2.83. The second-order valence-electron chi connectivity index (χ2n) is 4.26. The van der Waals surface area contributed by atoms with Crippen molar-refractivity contribution < 1.29 is 17.9 Å². The Kier molecular flexibility index (Phi) is 6.61. The molecule has 0 bridgehead atoms. The predicted molar refractivity (Wildman–Crippen MR) is 83.2 cm³/mol. The van der Waals surface area contributed by atoms with E-state index in [0.717, 1.165) is 11.8 Å². The monoisotopic (exact) mass is 329 g/mol. The van der Waals surface area contributed by atoms with Gasteiger partial charge in [-0.1, -0.05) is 29.8 Å². The van der Waals surface area contributed by atoms with Gasteiger partial charge in [-0.2, -0.15) is 0 Å². The first-order chi connectivity index (χ1) is 9.78. The van der Waals surface area contributed by atoms with Crippen LogP contribution in [0.15, 0.2) is 34.9 Å². The molecule has 0 saturated heterocycles. The Morgan fingerprint density at radius 2 is 1.86 bits per heavy atom. The second-order valence-corrected chi connectivity index (χ2v) is 7.31. The third kappa shape index (κ3) is 8.29. The molecule has 114 valence electrons. The number of halogens is 1. The second kappa shape index (κ2) is 7.97. The average molecular weight is 330 g/mol. The van der Waals surface area contributed by atoms with E-state index in [-0.39, 0.29) is 6.61 Å². The van der Waals surface area contributed by atoms with Crippen molar-refractivity contribution in [2.45, 2.75) is 13.5 Å². The first-order valence-corrected chi connectivity index (χ1v) is 8.69. The van der Waals surface area contributed by atoms with Gasteiger partial charge in [0, 0.05) is 16.8 Å². The fraction of sp³-hybridized carbons (Fsp3) is 0.214. The molecule has 0 aliphatic carbocycles. The Labute approximate surface area is 128 Å². The molecule has 2 aromatic rings. The maximum atomic E-state index is 9.40. The van der Waals surface area contributed by atoms with Crippen LogP contribution in [0.2, 0.25) is 0 Å². The van der Waals surface area contributed by atoms with Crippen molar-refractivity contribution in [3.05, 3.63) is 53.2 Å². The van der Waals surface area contributed by atoms with Crippen LogP contribution in [0.4, 0.5) is 0 Å². The quantitative estimate of drug-likeness (QED) is 0.876. The minimum Gasteiger partial charge on any atom is -0.445 e. The van der Waals surface area contributed by atoms with Crippen LogP contribution in [0.1, 0.15) is 22.7 Å². The van der Waals surface area contributed by atoms with E-state index in [9.17, 15) is 8.42 Å². The fourth-order valence-electron chi connectivity index (χ4n) is 1.32. The summed E-state index contributed by atoms with van der Waals surface area (Å²) in [5, 5.41) is 8.82. The highest BCUT2D eigenvalue weighted by atomic mass is 35.7. The zero-order valence-corrected chi connectivity index (χ0v) is 13.2. The summed E-state index contributed by atoms with van der Waals surface area (Å²) in [6.07, 6.45) is 6.08. The Bertz CT molecular complexity index is 682. The maximum Gasteiger partial charge on any atom is 0.229 e. The largest absolute Gasteiger partial charge is 0.445 e. The molecule has 0 spiro atoms. The number of aromatic nitrogens is 1. The van der Waals surface area contributed by atoms with E-state index in [1.807, 2.05) is 30.3 Å². The van der Waals surface area contributed by atoms with E-state index in [0.29, 0.717) is 11.6 Å². The van der Waals surface area contributed by atoms with Crippen LogP contribution in [0, 0.1) is 6.92 Å². The van der Waals surface area contributed by atoms with Crippen molar-refractivity contribution in [1.29, 1.82) is 0 Å². The molecule has 21 heavy (non-hydrogen) atoms. The minimum atomic E-state index is -3.19. The van der Waals surface area contributed by atoms with Crippen molar-refractivity contribution >= 4 is 31.9 Å². The van der Waals surface area contributed by atoms with Crippen LogP contribution in [0.5, 0.6) is 0 Å². The normalized spacial score (nSPS) is 11.2. The number of hydrogen-bond acceptors (Lipinski definition) is 5. The molecule has 0 saturated carbocycles. The summed E-state index contributed by atoms with van der Waals surface area (Å²) in [7, 11) is 1.31. The molecular formula is C14H16ClNO4S. The molecule has 0 radical (unpaired) electrons. The first-order valence-electron chi connectivity index (χ1n) is 5.97. The van der Waals surface area contributed by atoms with Gasteiger partial charge in [-0.3, -0.25) is 0 Å². The number of oxazole rings is 1. The van der Waals surface area contributed by atoms with Gasteiger partial charge < -0.3 is 9.52 Å². The van der Waals surface area contributed by atoms with Crippen LogP contribution in [-0.4, -0.2) is 24.8 Å². The van der Waals surface area contributed by atoms with Crippen molar-refractivity contribution in [3.8, 4) is 0 Å². The summed E-state index contributed by atoms with van der Waals surface area (Å²) in [5.41, 5.74) is 2.87. The van der Waals surface area contributed by atoms with Crippen LogP contribution < -0.4 is 0 Å². The van der Waals surface area contributed by atoms with Gasteiger partial charge in [0.25, 0.3) is 0 Å². The number of aryl methyl sites for hydroxylation is 1. The van der Waals surface area contributed by atoms with Gasteiger partial charge in [-0.05, 0) is 18.6 Å². The lowest BCUT2D eigenvalue weighted by Crippen LogP contribution is -1.81. The lowest BCUT2D eigenvalue weighted by Gasteiger charge is -1.93. The summed E-state index contributed by atoms with van der Waals surface area (Å²) in [6, 6.07) is 8.16. The van der Waals surface area contributed by atoms with E-state index < -0.39 is 9.05 Å². The number of hydrogen-bond donors (Lipinski definition) is 1. The van der Waals surface area contributed by atoms with E-state index in [4.69, 9.17) is 9.52 Å². The van der Waals surface area contributed by atoms with Crippen molar-refractivity contribution in [2.24, 2.45) is 0 Å². The van der Waals surface area contributed by atoms with Gasteiger partial charge in [0.1, 0.15) is 12.0 Å². The first kappa shape index (κ1) is 17.4. The molecule has 0 unspecified atom stereocenters. The SMILES string of the molecule is CS(=O)(=O)Cl.Cc1ccc(/C=C/c2nc(CO)co2)cc1. The zero-order chi connectivity index (χ0) is 15.9. The molecular weight excluding hydrogens is 314 g/mol. The molecule has 0 amide bonds. The lowest BCUT2D eigenvalue weighted by atomic mass is 10.1. The number of benzene rings is 1. The third-order valence-corrected chi connectivity index (χ3v) is 2.23. The summed E-state index contributed by atoms with van der Waals surface area (Å²) in [4.78, 5) is 4.06. The molecule has 1 aromatic carbocycles. The highest BCUT2D eigenvalue weighted by Gasteiger charge is 1.98. The Hall–Kier alpha value is -1.63. The minimum absolute atomic E-state index is 0.0954. The van der Waals surface area contributed by atoms with Gasteiger partial charge in [0.05, 0.1) is 12.9 Å². The van der Waals surface area contributed by atoms with E-state index >= 15 is 0 Å². The average Bonchev–Trinajstić information content (AvgIpc) is 2.84. The van der Waals surface area contributed by atoms with Crippen LogP contribution >= 0.6 is 10.7 Å². The zero-order valence-electron chi connectivity index (χ0n) is 11.7. The number of aliphatic hydroxyl groups excluding tert-OH is 1. The topological polar surface area (TPSA) is 80.4 Å². The molecule has 0 aliphatic rings. The third-order valence-electron chi connectivity index (χ3n) is 2.23. The maximum absolute atomic E-state index is 9.40. The molecule has 7 heteroatoms. The van der Waals surface area contributed by atoms with E-state index in [2.05, 4.69) is 22.6 Å². The van der Waals surface area contributed by atoms with Gasteiger partial charge in [0.15, 0.2) is 0 Å². The Morgan fingerprint density at radius 3 is 2.33 bits per heavy atom. The lowest BCUT2D eigenvalue weighted by molar-refractivity contribution is 0.276. The summed E-state index contributed by atoms with van der Waals surface area (Å²) >= 11 is 0. The van der Waals surface area contributed by atoms with Gasteiger partial charge >= 0.3 is 0 Å². The number of nitrogens with zero attached hydrogens (tertiary/aromatic N) is 1. The Morgan fingerprint density at radius 1 is 1.29 bits per heavy atom. The summed E-state index contributed by atoms with van der Waals surface area (Å²) in [5.74, 6) is 0.504. The fourth-order valence-corrected chi connectivity index (χ4v) is 1.32. The van der Waals surface area contributed by atoms with Gasteiger partial charge in [0.2, 0.25) is 14.9 Å². The highest BCUT2D eigenvalue weighted by Crippen LogP contribution is 2.09. The van der Waals surface area contributed by atoms with Gasteiger partial charge in [-0.15, -0.1) is 0 Å².